The topological polar surface area (TPSA) is 160 Å². The first-order chi connectivity index (χ1) is 24.0. The van der Waals surface area contributed by atoms with E-state index in [1.54, 1.807) is 20.8 Å². The van der Waals surface area contributed by atoms with E-state index in [4.69, 9.17) is 9.47 Å². The second-order valence-electron chi connectivity index (χ2n) is 15.0. The maximum atomic E-state index is 14.6. The lowest BCUT2D eigenvalue weighted by atomic mass is 9.89. The van der Waals surface area contributed by atoms with E-state index in [2.05, 4.69) is 21.9 Å². The van der Waals surface area contributed by atoms with Gasteiger partial charge in [-0.3, -0.25) is 19.1 Å². The number of amides is 4. The summed E-state index contributed by atoms with van der Waals surface area (Å²) in [5.41, 5.74) is -0.761. The van der Waals surface area contributed by atoms with E-state index in [0.29, 0.717) is 19.3 Å². The average Bonchev–Trinajstić information content (AvgIpc) is 4.03. The first-order valence-corrected chi connectivity index (χ1v) is 19.1. The van der Waals surface area contributed by atoms with Crippen molar-refractivity contribution in [2.45, 2.75) is 101 Å². The van der Waals surface area contributed by atoms with Crippen molar-refractivity contribution in [3.63, 3.8) is 0 Å². The number of sulfonamides is 1. The van der Waals surface area contributed by atoms with E-state index in [-0.39, 0.29) is 25.3 Å². The molecule has 3 N–H and O–H groups in total. The van der Waals surface area contributed by atoms with Crippen molar-refractivity contribution in [3.8, 4) is 11.1 Å². The summed E-state index contributed by atoms with van der Waals surface area (Å²) < 4.78 is 39.3. The van der Waals surface area contributed by atoms with Gasteiger partial charge in [0.05, 0.1) is 11.8 Å². The van der Waals surface area contributed by atoms with Gasteiger partial charge in [-0.2, -0.15) is 0 Å². The molecule has 13 heteroatoms. The Bertz CT molecular complexity index is 1760. The number of carbonyl (C=O) groups excluding carboxylic acids is 4. The van der Waals surface area contributed by atoms with E-state index in [9.17, 15) is 27.6 Å². The van der Waals surface area contributed by atoms with Crippen molar-refractivity contribution in [1.82, 2.24) is 20.3 Å². The third kappa shape index (κ3) is 8.14. The number of nitrogens with zero attached hydrogens (tertiary/aromatic N) is 1. The molecular weight excluding hydrogens is 673 g/mol. The fraction of sp³-hybridized carbons (Fsp3) is 0.526. The van der Waals surface area contributed by atoms with Crippen molar-refractivity contribution in [2.24, 2.45) is 11.8 Å². The predicted octanol–water partition coefficient (Wildman–Crippen LogP) is 4.40. The summed E-state index contributed by atoms with van der Waals surface area (Å²) in [5.74, 6) is -2.84. The molecule has 6 atom stereocenters. The van der Waals surface area contributed by atoms with Crippen molar-refractivity contribution in [1.29, 1.82) is 0 Å². The van der Waals surface area contributed by atoms with Gasteiger partial charge in [-0.15, -0.1) is 6.58 Å². The van der Waals surface area contributed by atoms with Gasteiger partial charge in [0.2, 0.25) is 21.8 Å². The molecule has 1 aliphatic heterocycles. The van der Waals surface area contributed by atoms with E-state index in [1.807, 2.05) is 68.4 Å². The average molecular weight is 723 g/mol. The van der Waals surface area contributed by atoms with E-state index >= 15 is 0 Å². The zero-order valence-electron chi connectivity index (χ0n) is 30.2. The minimum atomic E-state index is -3.89. The molecule has 276 valence electrons. The third-order valence-electron chi connectivity index (χ3n) is 10.2. The van der Waals surface area contributed by atoms with Gasteiger partial charge in [0, 0.05) is 19.4 Å². The van der Waals surface area contributed by atoms with Gasteiger partial charge in [0.15, 0.2) is 0 Å². The molecule has 2 aliphatic carbocycles. The first-order valence-electron chi connectivity index (χ1n) is 17.5. The number of carbonyl (C=O) groups is 4. The van der Waals surface area contributed by atoms with Crippen LogP contribution in [-0.2, 0) is 39.5 Å². The second-order valence-corrected chi connectivity index (χ2v) is 17.0. The highest BCUT2D eigenvalue weighted by molar-refractivity contribution is 7.91. The molecule has 1 saturated heterocycles. The fourth-order valence-electron chi connectivity index (χ4n) is 6.73. The van der Waals surface area contributed by atoms with Gasteiger partial charge in [0.1, 0.15) is 28.8 Å². The third-order valence-corrected chi connectivity index (χ3v) is 12.0. The van der Waals surface area contributed by atoms with Crippen LogP contribution in [0, 0.1) is 11.8 Å². The van der Waals surface area contributed by atoms with E-state index in [1.165, 1.54) is 18.1 Å². The Morgan fingerprint density at radius 1 is 1.02 bits per heavy atom. The van der Waals surface area contributed by atoms with Crippen molar-refractivity contribution in [3.05, 3.63) is 72.8 Å². The van der Waals surface area contributed by atoms with Crippen LogP contribution in [0.4, 0.5) is 4.79 Å². The highest BCUT2D eigenvalue weighted by Crippen LogP contribution is 2.46. The number of nitrogens with one attached hydrogen (secondary N) is 3. The number of alkyl carbamates (subject to hydrolysis) is 1. The molecule has 5 rings (SSSR count). The van der Waals surface area contributed by atoms with Crippen LogP contribution >= 0.6 is 0 Å². The molecule has 3 aliphatic rings. The van der Waals surface area contributed by atoms with Crippen LogP contribution in [0.15, 0.2) is 67.3 Å². The maximum absolute atomic E-state index is 14.6. The molecule has 0 bridgehead atoms. The van der Waals surface area contributed by atoms with E-state index < -0.39 is 73.8 Å². The van der Waals surface area contributed by atoms with Crippen molar-refractivity contribution >= 4 is 33.8 Å². The Labute approximate surface area is 300 Å². The zero-order chi connectivity index (χ0) is 37.4. The number of ether oxygens (including phenoxy) is 2. The lowest BCUT2D eigenvalue weighted by Gasteiger charge is -2.33. The Balaban J connectivity index is 1.49. The SMILES string of the molecule is C=CC1CC1(NC(=O)[C@@H]1C[C@@](OC)(c2ccc(-c3ccccc3)cc2)CN1C(=O)C(NC(=O)OC(C)(C)C)C(C)CC)C(=O)NS(=O)(=O)C1CC1. The lowest BCUT2D eigenvalue weighted by Crippen LogP contribution is -2.59. The summed E-state index contributed by atoms with van der Waals surface area (Å²) in [6.45, 7) is 12.6. The molecule has 4 amide bonds. The summed E-state index contributed by atoms with van der Waals surface area (Å²) in [5, 5.41) is 4.93. The minimum Gasteiger partial charge on any atom is -0.444 e. The van der Waals surface area contributed by atoms with E-state index in [0.717, 1.165) is 16.7 Å². The van der Waals surface area contributed by atoms with Crippen LogP contribution in [0.5, 0.6) is 0 Å². The van der Waals surface area contributed by atoms with Gasteiger partial charge in [-0.25, -0.2) is 13.2 Å². The fourth-order valence-corrected chi connectivity index (χ4v) is 8.09. The summed E-state index contributed by atoms with van der Waals surface area (Å²) in [4.78, 5) is 56.9. The van der Waals surface area contributed by atoms with Crippen molar-refractivity contribution in [2.75, 3.05) is 13.7 Å². The molecule has 0 aromatic heterocycles. The molecule has 0 spiro atoms. The molecule has 2 aromatic rings. The molecule has 2 aromatic carbocycles. The summed E-state index contributed by atoms with van der Waals surface area (Å²) >= 11 is 0. The van der Waals surface area contributed by atoms with Crippen LogP contribution in [0.2, 0.25) is 0 Å². The Kier molecular flexibility index (Phi) is 10.7. The number of benzene rings is 2. The molecular formula is C38H50N4O8S. The second kappa shape index (κ2) is 14.4. The summed E-state index contributed by atoms with van der Waals surface area (Å²) in [6.07, 6.45) is 2.39. The smallest absolute Gasteiger partial charge is 0.408 e. The van der Waals surface area contributed by atoms with Gasteiger partial charge in [0.25, 0.3) is 5.91 Å². The molecule has 3 fully saturated rings. The first kappa shape index (κ1) is 38.0. The van der Waals surface area contributed by atoms with Gasteiger partial charge in [-0.1, -0.05) is 80.9 Å². The maximum Gasteiger partial charge on any atom is 0.408 e. The zero-order valence-corrected chi connectivity index (χ0v) is 31.0. The number of hydrogen-bond donors (Lipinski definition) is 3. The van der Waals surface area contributed by atoms with Gasteiger partial charge < -0.3 is 25.0 Å². The van der Waals surface area contributed by atoms with Crippen molar-refractivity contribution < 1.29 is 37.1 Å². The molecule has 51 heavy (non-hydrogen) atoms. The molecule has 0 radical (unpaired) electrons. The summed E-state index contributed by atoms with van der Waals surface area (Å²) in [7, 11) is -2.37. The van der Waals surface area contributed by atoms with Crippen LogP contribution in [-0.4, -0.2) is 79.3 Å². The Hall–Kier alpha value is -4.23. The van der Waals surface area contributed by atoms with Crippen LogP contribution in [0.3, 0.4) is 0 Å². The number of hydrogen-bond acceptors (Lipinski definition) is 8. The van der Waals surface area contributed by atoms with Crippen LogP contribution in [0.1, 0.15) is 72.3 Å². The Morgan fingerprint density at radius 3 is 2.18 bits per heavy atom. The minimum absolute atomic E-state index is 0.0300. The van der Waals surface area contributed by atoms with Gasteiger partial charge >= 0.3 is 6.09 Å². The molecule has 4 unspecified atom stereocenters. The number of methoxy groups -OCH3 is 1. The normalized spacial score (nSPS) is 25.6. The predicted molar refractivity (Wildman–Crippen MR) is 193 cm³/mol. The highest BCUT2D eigenvalue weighted by Gasteiger charge is 2.62. The van der Waals surface area contributed by atoms with Gasteiger partial charge in [-0.05, 0) is 62.6 Å². The molecule has 2 saturated carbocycles. The number of rotatable bonds is 13. The highest BCUT2D eigenvalue weighted by atomic mass is 32.2. The van der Waals surface area contributed by atoms with Crippen LogP contribution in [0.25, 0.3) is 11.1 Å². The monoisotopic (exact) mass is 722 g/mol. The lowest BCUT2D eigenvalue weighted by molar-refractivity contribution is -0.142. The molecule has 1 heterocycles. The number of likely N-dealkylation sites (tertiary alicyclic amines) is 1. The Morgan fingerprint density at radius 2 is 1.65 bits per heavy atom. The summed E-state index contributed by atoms with van der Waals surface area (Å²) in [6, 6.07) is 15.4. The van der Waals surface area contributed by atoms with Crippen LogP contribution < -0.4 is 15.4 Å². The largest absolute Gasteiger partial charge is 0.444 e. The standard InChI is InChI=1S/C38H50N4O8S/c1-8-24(3)31(39-35(46)50-36(4,5)6)33(44)42-23-37(49-7,28-17-15-26(16-18-28)25-13-11-10-12-14-25)22-30(42)32(43)40-38(21-27(38)9-2)34(45)41-51(47,48)29-19-20-29/h9-18,24,27,29-31H,2,8,19-23H2,1,3-7H3,(H,39,46)(H,40,43)(H,41,45)/t24?,27?,30-,31?,37-,38?/m0/s1. The quantitative estimate of drug-likeness (QED) is 0.257. The molecule has 12 nitrogen and oxygen atoms in total.